The van der Waals surface area contributed by atoms with Crippen molar-refractivity contribution in [1.29, 1.82) is 0 Å². The summed E-state index contributed by atoms with van der Waals surface area (Å²) in [6.07, 6.45) is 1.61. The van der Waals surface area contributed by atoms with Crippen LogP contribution >= 0.6 is 0 Å². The maximum atomic E-state index is 10.7. The van der Waals surface area contributed by atoms with Gasteiger partial charge in [-0.1, -0.05) is 0 Å². The first-order valence-electron chi connectivity index (χ1n) is 4.37. The van der Waals surface area contributed by atoms with Crippen LogP contribution in [0, 0.1) is 0 Å². The summed E-state index contributed by atoms with van der Waals surface area (Å²) in [5, 5.41) is 2.88. The zero-order valence-electron chi connectivity index (χ0n) is 8.06. The molecule has 0 fully saturated rings. The van der Waals surface area contributed by atoms with Crippen LogP contribution in [0.3, 0.4) is 0 Å². The molecule has 0 aromatic carbocycles. The monoisotopic (exact) mass is 208 g/mol. The third-order valence-electron chi connectivity index (χ3n) is 1.73. The van der Waals surface area contributed by atoms with Crippen molar-refractivity contribution in [3.8, 4) is 0 Å². The molecule has 15 heavy (non-hydrogen) atoms. The van der Waals surface area contributed by atoms with E-state index in [2.05, 4.69) is 10.3 Å². The number of primary amides is 2. The number of rotatable bonds is 5. The zero-order valence-corrected chi connectivity index (χ0v) is 8.06. The molecule has 2 amide bonds. The van der Waals surface area contributed by atoms with E-state index in [0.717, 1.165) is 0 Å². The molecular formula is C9H12N4O2. The summed E-state index contributed by atoms with van der Waals surface area (Å²) in [6.45, 7) is 0.415. The lowest BCUT2D eigenvalue weighted by Gasteiger charge is -2.03. The standard InChI is InChI=1S/C9H12N4O2/c10-7(14)3-4-12-8-2-1-6(5-13-8)9(11)15/h1-2,5H,3-4H2,(H2,10,14)(H2,11,15)(H,12,13). The minimum Gasteiger partial charge on any atom is -0.370 e. The number of nitrogens with one attached hydrogen (secondary N) is 1. The fourth-order valence-corrected chi connectivity index (χ4v) is 0.958. The summed E-state index contributed by atoms with van der Waals surface area (Å²) in [5.74, 6) is -0.330. The summed E-state index contributed by atoms with van der Waals surface area (Å²) in [6, 6.07) is 3.17. The Morgan fingerprint density at radius 1 is 1.33 bits per heavy atom. The number of carbonyl (C=O) groups excluding carboxylic acids is 2. The molecule has 0 saturated carbocycles. The average molecular weight is 208 g/mol. The fourth-order valence-electron chi connectivity index (χ4n) is 0.958. The van der Waals surface area contributed by atoms with Gasteiger partial charge in [-0.25, -0.2) is 4.98 Å². The number of aromatic nitrogens is 1. The van der Waals surface area contributed by atoms with Crippen LogP contribution in [0.5, 0.6) is 0 Å². The number of hydrogen-bond acceptors (Lipinski definition) is 4. The third kappa shape index (κ3) is 3.63. The molecule has 0 aliphatic carbocycles. The molecule has 1 aromatic heterocycles. The van der Waals surface area contributed by atoms with Gasteiger partial charge in [0.05, 0.1) is 5.56 Å². The normalized spacial score (nSPS) is 9.60. The highest BCUT2D eigenvalue weighted by atomic mass is 16.1. The molecule has 0 radical (unpaired) electrons. The van der Waals surface area contributed by atoms with Crippen molar-refractivity contribution >= 4 is 17.6 Å². The molecule has 1 aromatic rings. The van der Waals surface area contributed by atoms with E-state index >= 15 is 0 Å². The minimum absolute atomic E-state index is 0.235. The van der Waals surface area contributed by atoms with Crippen LogP contribution in [0.15, 0.2) is 18.3 Å². The first-order valence-corrected chi connectivity index (χ1v) is 4.37. The SMILES string of the molecule is NC(=O)CCNc1ccc(C(N)=O)cn1. The summed E-state index contributed by atoms with van der Waals surface area (Å²) in [5.41, 5.74) is 10.3. The molecule has 0 bridgehead atoms. The van der Waals surface area contributed by atoms with Gasteiger partial charge >= 0.3 is 0 Å². The lowest BCUT2D eigenvalue weighted by molar-refractivity contribution is -0.117. The molecule has 0 aliphatic rings. The number of carbonyl (C=O) groups is 2. The largest absolute Gasteiger partial charge is 0.370 e. The van der Waals surface area contributed by atoms with Crippen molar-refractivity contribution in [2.45, 2.75) is 6.42 Å². The quantitative estimate of drug-likeness (QED) is 0.603. The van der Waals surface area contributed by atoms with Crippen molar-refractivity contribution in [2.75, 3.05) is 11.9 Å². The molecule has 5 N–H and O–H groups in total. The predicted octanol–water partition coefficient (Wildman–Crippen LogP) is -0.532. The highest BCUT2D eigenvalue weighted by molar-refractivity contribution is 5.92. The summed E-state index contributed by atoms with van der Waals surface area (Å²) in [7, 11) is 0. The van der Waals surface area contributed by atoms with E-state index in [4.69, 9.17) is 11.5 Å². The van der Waals surface area contributed by atoms with Crippen LogP contribution in [0.25, 0.3) is 0 Å². The van der Waals surface area contributed by atoms with Gasteiger partial charge in [0.15, 0.2) is 0 Å². The highest BCUT2D eigenvalue weighted by Crippen LogP contribution is 2.04. The van der Waals surface area contributed by atoms with Crippen LogP contribution in [0.4, 0.5) is 5.82 Å². The molecule has 0 spiro atoms. The molecule has 0 saturated heterocycles. The number of anilines is 1. The second-order valence-electron chi connectivity index (χ2n) is 2.94. The molecule has 0 aliphatic heterocycles. The Bertz CT molecular complexity index is 361. The molecular weight excluding hydrogens is 196 g/mol. The van der Waals surface area contributed by atoms with Crippen LogP contribution in [0.1, 0.15) is 16.8 Å². The Kier molecular flexibility index (Phi) is 3.61. The Morgan fingerprint density at radius 3 is 2.53 bits per heavy atom. The van der Waals surface area contributed by atoms with Crippen molar-refractivity contribution < 1.29 is 9.59 Å². The van der Waals surface area contributed by atoms with Crippen LogP contribution < -0.4 is 16.8 Å². The lowest BCUT2D eigenvalue weighted by atomic mass is 10.3. The summed E-state index contributed by atoms with van der Waals surface area (Å²) < 4.78 is 0. The number of nitrogens with two attached hydrogens (primary N) is 2. The number of amides is 2. The minimum atomic E-state index is -0.522. The third-order valence-corrected chi connectivity index (χ3v) is 1.73. The number of hydrogen-bond donors (Lipinski definition) is 3. The Balaban J connectivity index is 2.50. The highest BCUT2D eigenvalue weighted by Gasteiger charge is 2.00. The maximum absolute atomic E-state index is 10.7. The van der Waals surface area contributed by atoms with E-state index in [1.807, 2.05) is 0 Å². The average Bonchev–Trinajstić information content (AvgIpc) is 2.18. The van der Waals surface area contributed by atoms with E-state index in [1.54, 1.807) is 12.1 Å². The van der Waals surface area contributed by atoms with Crippen molar-refractivity contribution in [3.63, 3.8) is 0 Å². The van der Waals surface area contributed by atoms with Crippen LogP contribution in [0.2, 0.25) is 0 Å². The Morgan fingerprint density at radius 2 is 2.07 bits per heavy atom. The van der Waals surface area contributed by atoms with Gasteiger partial charge in [-0.05, 0) is 12.1 Å². The topological polar surface area (TPSA) is 111 Å². The molecule has 1 heterocycles. The molecule has 0 atom stereocenters. The second kappa shape index (κ2) is 4.94. The van der Waals surface area contributed by atoms with E-state index in [0.29, 0.717) is 17.9 Å². The Hall–Kier alpha value is -2.11. The van der Waals surface area contributed by atoms with Gasteiger partial charge < -0.3 is 16.8 Å². The van der Waals surface area contributed by atoms with Gasteiger partial charge in [0.25, 0.3) is 0 Å². The lowest BCUT2D eigenvalue weighted by Crippen LogP contribution is -2.16. The van der Waals surface area contributed by atoms with Crippen LogP contribution in [-0.2, 0) is 4.79 Å². The van der Waals surface area contributed by atoms with E-state index in [-0.39, 0.29) is 12.3 Å². The second-order valence-corrected chi connectivity index (χ2v) is 2.94. The summed E-state index contributed by atoms with van der Waals surface area (Å²) >= 11 is 0. The Labute approximate surface area is 86.7 Å². The fraction of sp³-hybridized carbons (Fsp3) is 0.222. The molecule has 1 rings (SSSR count). The van der Waals surface area contributed by atoms with E-state index in [1.165, 1.54) is 6.20 Å². The van der Waals surface area contributed by atoms with Crippen molar-refractivity contribution in [2.24, 2.45) is 11.5 Å². The smallest absolute Gasteiger partial charge is 0.250 e. The number of pyridine rings is 1. The molecule has 6 nitrogen and oxygen atoms in total. The van der Waals surface area contributed by atoms with Gasteiger partial charge in [-0.3, -0.25) is 9.59 Å². The maximum Gasteiger partial charge on any atom is 0.250 e. The first-order chi connectivity index (χ1) is 7.09. The van der Waals surface area contributed by atoms with Crippen LogP contribution in [-0.4, -0.2) is 23.3 Å². The van der Waals surface area contributed by atoms with Gasteiger partial charge in [-0.15, -0.1) is 0 Å². The van der Waals surface area contributed by atoms with Gasteiger partial charge in [-0.2, -0.15) is 0 Å². The molecule has 0 unspecified atom stereocenters. The van der Waals surface area contributed by atoms with Crippen molar-refractivity contribution in [3.05, 3.63) is 23.9 Å². The number of nitrogens with zero attached hydrogens (tertiary/aromatic N) is 1. The van der Waals surface area contributed by atoms with E-state index in [9.17, 15) is 9.59 Å². The van der Waals surface area contributed by atoms with E-state index < -0.39 is 5.91 Å². The molecule has 6 heteroatoms. The molecule has 80 valence electrons. The first kappa shape index (κ1) is 11.0. The summed E-state index contributed by atoms with van der Waals surface area (Å²) in [4.78, 5) is 25.1. The van der Waals surface area contributed by atoms with Gasteiger partial charge in [0, 0.05) is 19.2 Å². The van der Waals surface area contributed by atoms with Gasteiger partial charge in [0.2, 0.25) is 11.8 Å². The predicted molar refractivity (Wildman–Crippen MR) is 55.1 cm³/mol. The van der Waals surface area contributed by atoms with Gasteiger partial charge in [0.1, 0.15) is 5.82 Å². The van der Waals surface area contributed by atoms with Crippen molar-refractivity contribution in [1.82, 2.24) is 4.98 Å². The zero-order chi connectivity index (χ0) is 11.3.